The molecule has 9 heteroatoms. The fourth-order valence-electron chi connectivity index (χ4n) is 2.79. The van der Waals surface area contributed by atoms with E-state index in [0.29, 0.717) is 18.2 Å². The molecule has 0 radical (unpaired) electrons. The summed E-state index contributed by atoms with van der Waals surface area (Å²) >= 11 is 0. The second-order valence-electron chi connectivity index (χ2n) is 6.03. The minimum absolute atomic E-state index is 0.128. The fraction of sp³-hybridized carbons (Fsp3) is 0.562. The Morgan fingerprint density at radius 3 is 1.84 bits per heavy atom. The number of nitrogens with two attached hydrogens (primary N) is 1. The van der Waals surface area contributed by atoms with Crippen LogP contribution in [0.5, 0.6) is 0 Å². The van der Waals surface area contributed by atoms with Crippen molar-refractivity contribution in [1.29, 1.82) is 0 Å². The Labute approximate surface area is 140 Å². The zero-order valence-corrected chi connectivity index (χ0v) is 13.6. The van der Waals surface area contributed by atoms with Gasteiger partial charge < -0.3 is 10.8 Å². The lowest BCUT2D eigenvalue weighted by molar-refractivity contribution is -0.146. The highest BCUT2D eigenvalue weighted by Gasteiger charge is 2.42. The lowest BCUT2D eigenvalue weighted by Crippen LogP contribution is -2.28. The first kappa shape index (κ1) is 21.3. The van der Waals surface area contributed by atoms with E-state index in [1.165, 1.54) is 13.8 Å². The molecule has 0 amide bonds. The van der Waals surface area contributed by atoms with Crippen molar-refractivity contribution in [3.8, 4) is 0 Å². The van der Waals surface area contributed by atoms with Crippen LogP contribution in [-0.4, -0.2) is 17.6 Å². The first-order valence-electron chi connectivity index (χ1n) is 7.50. The van der Waals surface area contributed by atoms with Crippen molar-refractivity contribution < 1.29 is 36.2 Å². The second-order valence-corrected chi connectivity index (χ2v) is 6.03. The first-order valence-corrected chi connectivity index (χ1v) is 7.50. The summed E-state index contributed by atoms with van der Waals surface area (Å²) in [5, 5.41) is 9.00. The first-order chi connectivity index (χ1) is 11.3. The van der Waals surface area contributed by atoms with Gasteiger partial charge in [0.25, 0.3) is 0 Å². The van der Waals surface area contributed by atoms with Gasteiger partial charge in [-0.1, -0.05) is 19.9 Å². The van der Waals surface area contributed by atoms with Crippen molar-refractivity contribution in [1.82, 2.24) is 0 Å². The summed E-state index contributed by atoms with van der Waals surface area (Å²) in [5.74, 6) is -4.19. The Bertz CT molecular complexity index is 579. The molecule has 142 valence electrons. The maximum atomic E-state index is 13.2. The molecule has 1 aromatic carbocycles. The molecule has 3 atom stereocenters. The van der Waals surface area contributed by atoms with Crippen LogP contribution in [0.25, 0.3) is 0 Å². The normalized spacial score (nSPS) is 16.4. The van der Waals surface area contributed by atoms with Gasteiger partial charge in [-0.15, -0.1) is 0 Å². The molecule has 3 nitrogen and oxygen atoms in total. The van der Waals surface area contributed by atoms with Crippen LogP contribution in [0.3, 0.4) is 0 Å². The zero-order chi connectivity index (χ0) is 19.6. The highest BCUT2D eigenvalue weighted by molar-refractivity contribution is 5.70. The summed E-state index contributed by atoms with van der Waals surface area (Å²) in [6.07, 6.45) is -10.0. The van der Waals surface area contributed by atoms with Crippen molar-refractivity contribution in [2.24, 2.45) is 17.6 Å². The molecule has 0 aliphatic rings. The Morgan fingerprint density at radius 2 is 1.52 bits per heavy atom. The summed E-state index contributed by atoms with van der Waals surface area (Å²) in [6, 6.07) is 1.92. The fourth-order valence-corrected chi connectivity index (χ4v) is 2.79. The van der Waals surface area contributed by atoms with E-state index < -0.39 is 52.8 Å². The molecule has 1 rings (SSSR count). The van der Waals surface area contributed by atoms with Crippen molar-refractivity contribution in [2.75, 3.05) is 6.54 Å². The molecule has 0 saturated carbocycles. The van der Waals surface area contributed by atoms with Crippen LogP contribution in [-0.2, 0) is 17.1 Å². The Kier molecular flexibility index (Phi) is 6.50. The van der Waals surface area contributed by atoms with Gasteiger partial charge in [-0.3, -0.25) is 4.79 Å². The number of hydrogen-bond donors (Lipinski definition) is 2. The van der Waals surface area contributed by atoms with Gasteiger partial charge in [-0.25, -0.2) is 0 Å². The highest BCUT2D eigenvalue weighted by atomic mass is 19.4. The quantitative estimate of drug-likeness (QED) is 0.723. The third-order valence-corrected chi connectivity index (χ3v) is 4.32. The predicted octanol–water partition coefficient (Wildman–Crippen LogP) is 4.51. The van der Waals surface area contributed by atoms with Crippen molar-refractivity contribution in [2.45, 2.75) is 38.5 Å². The van der Waals surface area contributed by atoms with Gasteiger partial charge >= 0.3 is 18.3 Å². The lowest BCUT2D eigenvalue weighted by atomic mass is 9.79. The number of alkyl halides is 6. The van der Waals surface area contributed by atoms with E-state index in [1.807, 2.05) is 0 Å². The number of hydrogen-bond acceptors (Lipinski definition) is 2. The summed E-state index contributed by atoms with van der Waals surface area (Å²) in [4.78, 5) is 11.0. The third-order valence-electron chi connectivity index (χ3n) is 4.32. The topological polar surface area (TPSA) is 63.3 Å². The van der Waals surface area contributed by atoms with Crippen LogP contribution in [0.1, 0.15) is 42.9 Å². The molecule has 0 bridgehead atoms. The molecule has 25 heavy (non-hydrogen) atoms. The molecular formula is C16H19F6NO2. The van der Waals surface area contributed by atoms with E-state index >= 15 is 0 Å². The van der Waals surface area contributed by atoms with Crippen LogP contribution >= 0.6 is 0 Å². The number of aliphatic carboxylic acids is 1. The van der Waals surface area contributed by atoms with E-state index in [0.717, 1.165) is 0 Å². The smallest absolute Gasteiger partial charge is 0.416 e. The van der Waals surface area contributed by atoms with Crippen LogP contribution in [0, 0.1) is 11.8 Å². The molecule has 0 aromatic heterocycles. The standard InChI is InChI=1S/C16H19F6NO2/c1-8(6-10(7-23)14(24)25)9(2)13-11(15(17,18)19)4-3-5-12(13)16(20,21)22/h3-5,8-10H,6-7,23H2,1-2H3,(H,24,25). The number of carboxylic acid groups (broad SMARTS) is 1. The average molecular weight is 371 g/mol. The molecule has 0 saturated heterocycles. The minimum atomic E-state index is -4.95. The van der Waals surface area contributed by atoms with Crippen molar-refractivity contribution >= 4 is 5.97 Å². The van der Waals surface area contributed by atoms with E-state index in [4.69, 9.17) is 10.8 Å². The number of carboxylic acids is 1. The average Bonchev–Trinajstić information content (AvgIpc) is 2.48. The maximum Gasteiger partial charge on any atom is 0.416 e. The predicted molar refractivity (Wildman–Crippen MR) is 78.8 cm³/mol. The van der Waals surface area contributed by atoms with Crippen LogP contribution < -0.4 is 5.73 Å². The summed E-state index contributed by atoms with van der Waals surface area (Å²) in [5.41, 5.74) is 1.73. The summed E-state index contributed by atoms with van der Waals surface area (Å²) in [6.45, 7) is 2.41. The largest absolute Gasteiger partial charge is 0.481 e. The van der Waals surface area contributed by atoms with Crippen molar-refractivity contribution in [3.05, 3.63) is 34.9 Å². The number of rotatable bonds is 6. The van der Waals surface area contributed by atoms with Gasteiger partial charge in [0, 0.05) is 6.54 Å². The Morgan fingerprint density at radius 1 is 1.08 bits per heavy atom. The number of benzene rings is 1. The van der Waals surface area contributed by atoms with E-state index in [9.17, 15) is 31.1 Å². The number of carbonyl (C=O) groups is 1. The van der Waals surface area contributed by atoms with Crippen LogP contribution in [0.15, 0.2) is 18.2 Å². The van der Waals surface area contributed by atoms with E-state index in [-0.39, 0.29) is 13.0 Å². The van der Waals surface area contributed by atoms with E-state index in [2.05, 4.69) is 0 Å². The molecule has 0 spiro atoms. The SMILES string of the molecule is CC(CC(CN)C(=O)O)C(C)c1c(C(F)(F)F)cccc1C(F)(F)F. The Balaban J connectivity index is 3.40. The molecule has 0 heterocycles. The van der Waals surface area contributed by atoms with Crippen molar-refractivity contribution in [3.63, 3.8) is 0 Å². The van der Waals surface area contributed by atoms with Gasteiger partial charge in [-0.05, 0) is 36.0 Å². The van der Waals surface area contributed by atoms with Gasteiger partial charge in [0.05, 0.1) is 17.0 Å². The zero-order valence-electron chi connectivity index (χ0n) is 13.6. The molecule has 1 aromatic rings. The summed E-state index contributed by atoms with van der Waals surface area (Å²) < 4.78 is 79.3. The highest BCUT2D eigenvalue weighted by Crippen LogP contribution is 2.45. The van der Waals surface area contributed by atoms with Gasteiger partial charge in [-0.2, -0.15) is 26.3 Å². The third kappa shape index (κ3) is 5.10. The molecule has 3 N–H and O–H groups in total. The molecule has 3 unspecified atom stereocenters. The lowest BCUT2D eigenvalue weighted by Gasteiger charge is -2.28. The molecular weight excluding hydrogens is 352 g/mol. The number of halogens is 6. The van der Waals surface area contributed by atoms with Gasteiger partial charge in [0.1, 0.15) is 0 Å². The summed E-state index contributed by atoms with van der Waals surface area (Å²) in [7, 11) is 0. The molecule has 0 aliphatic heterocycles. The van der Waals surface area contributed by atoms with Crippen LogP contribution in [0.2, 0.25) is 0 Å². The van der Waals surface area contributed by atoms with Gasteiger partial charge in [0.15, 0.2) is 0 Å². The maximum absolute atomic E-state index is 13.2. The monoisotopic (exact) mass is 371 g/mol. The van der Waals surface area contributed by atoms with Crippen LogP contribution in [0.4, 0.5) is 26.3 Å². The second kappa shape index (κ2) is 7.63. The van der Waals surface area contributed by atoms with E-state index in [1.54, 1.807) is 0 Å². The molecule has 0 fully saturated rings. The minimum Gasteiger partial charge on any atom is -0.481 e. The molecule has 0 aliphatic carbocycles. The van der Waals surface area contributed by atoms with Gasteiger partial charge in [0.2, 0.25) is 0 Å². The Hall–Kier alpha value is -1.77.